The van der Waals surface area contributed by atoms with Gasteiger partial charge < -0.3 is 14.9 Å². The fraction of sp³-hybridized carbons (Fsp3) is 0.133. The molecule has 108 valence electrons. The fourth-order valence-corrected chi connectivity index (χ4v) is 2.44. The van der Waals surface area contributed by atoms with E-state index < -0.39 is 11.8 Å². The van der Waals surface area contributed by atoms with Crippen molar-refractivity contribution in [2.75, 3.05) is 7.11 Å². The average molecular weight is 305 g/mol. The molecule has 0 aliphatic carbocycles. The third-order valence-corrected chi connectivity index (χ3v) is 3.57. The van der Waals surface area contributed by atoms with Crippen molar-refractivity contribution in [1.82, 2.24) is 4.98 Å². The Kier molecular flexibility index (Phi) is 3.45. The molecule has 1 heterocycles. The molecule has 0 radical (unpaired) electrons. The number of ether oxygens (including phenoxy) is 1. The number of nitrogens with two attached hydrogens (primary N) is 1. The number of hydrogen-bond donors (Lipinski definition) is 2. The van der Waals surface area contributed by atoms with E-state index in [-0.39, 0.29) is 0 Å². The van der Waals surface area contributed by atoms with Gasteiger partial charge in [0.15, 0.2) is 5.58 Å². The summed E-state index contributed by atoms with van der Waals surface area (Å²) < 4.78 is 10.4. The molecule has 1 atom stereocenters. The summed E-state index contributed by atoms with van der Waals surface area (Å²) in [6.45, 7) is 0. The quantitative estimate of drug-likeness (QED) is 0.779. The topological polar surface area (TPSA) is 81.2 Å². The largest absolute Gasteiger partial charge is 0.496 e. The lowest BCUT2D eigenvalue weighted by Crippen LogP contribution is -2.13. The molecule has 1 unspecified atom stereocenters. The minimum absolute atomic E-state index is 0.415. The van der Waals surface area contributed by atoms with Crippen molar-refractivity contribution in [2.45, 2.75) is 6.04 Å². The second-order valence-corrected chi connectivity index (χ2v) is 5.07. The first-order valence-electron chi connectivity index (χ1n) is 6.30. The smallest absolute Gasteiger partial charge is 0.417 e. The van der Waals surface area contributed by atoms with Crippen LogP contribution < -0.4 is 16.2 Å². The number of fused-ring (bicyclic) bond motifs is 1. The lowest BCUT2D eigenvalue weighted by molar-refractivity contribution is 0.408. The molecule has 1 aromatic heterocycles. The molecule has 3 N–H and O–H groups in total. The summed E-state index contributed by atoms with van der Waals surface area (Å²) >= 11 is 5.95. The van der Waals surface area contributed by atoms with E-state index >= 15 is 0 Å². The van der Waals surface area contributed by atoms with E-state index in [1.54, 1.807) is 31.4 Å². The van der Waals surface area contributed by atoms with Crippen LogP contribution in [0.5, 0.6) is 5.75 Å². The van der Waals surface area contributed by atoms with Gasteiger partial charge in [0, 0.05) is 10.6 Å². The van der Waals surface area contributed by atoms with Crippen LogP contribution in [0.4, 0.5) is 0 Å². The highest BCUT2D eigenvalue weighted by molar-refractivity contribution is 6.30. The highest BCUT2D eigenvalue weighted by atomic mass is 35.5. The van der Waals surface area contributed by atoms with Crippen molar-refractivity contribution in [1.29, 1.82) is 0 Å². The molecule has 0 amide bonds. The van der Waals surface area contributed by atoms with Crippen molar-refractivity contribution < 1.29 is 9.15 Å². The SMILES string of the molecule is COc1cc(Cl)ccc1C(N)c1ccc2[nH]c(=O)oc2c1. The molecule has 3 rings (SSSR count). The van der Waals surface area contributed by atoms with Gasteiger partial charge in [-0.15, -0.1) is 0 Å². The molecular formula is C15H13ClN2O3. The van der Waals surface area contributed by atoms with Gasteiger partial charge in [-0.2, -0.15) is 0 Å². The van der Waals surface area contributed by atoms with E-state index in [1.165, 1.54) is 0 Å². The van der Waals surface area contributed by atoms with Crippen molar-refractivity contribution >= 4 is 22.7 Å². The summed E-state index contributed by atoms with van der Waals surface area (Å²) in [5, 5.41) is 0.579. The van der Waals surface area contributed by atoms with Crippen molar-refractivity contribution in [3.63, 3.8) is 0 Å². The third-order valence-electron chi connectivity index (χ3n) is 3.33. The van der Waals surface area contributed by atoms with Crippen LogP contribution in [0.1, 0.15) is 17.2 Å². The lowest BCUT2D eigenvalue weighted by Gasteiger charge is -2.16. The predicted octanol–water partition coefficient (Wildman–Crippen LogP) is 2.83. The summed E-state index contributed by atoms with van der Waals surface area (Å²) in [6, 6.07) is 10.2. The van der Waals surface area contributed by atoms with Gasteiger partial charge in [-0.25, -0.2) is 4.79 Å². The van der Waals surface area contributed by atoms with Gasteiger partial charge in [0.25, 0.3) is 0 Å². The number of halogens is 1. The second-order valence-electron chi connectivity index (χ2n) is 4.63. The Hall–Kier alpha value is -2.24. The van der Waals surface area contributed by atoms with Gasteiger partial charge in [-0.3, -0.25) is 4.98 Å². The Morgan fingerprint density at radius 3 is 2.86 bits per heavy atom. The van der Waals surface area contributed by atoms with Crippen LogP contribution in [0.2, 0.25) is 5.02 Å². The minimum Gasteiger partial charge on any atom is -0.496 e. The maximum atomic E-state index is 11.2. The third kappa shape index (κ3) is 2.53. The standard InChI is InChI=1S/C15H13ClN2O3/c1-20-12-7-9(16)3-4-10(12)14(17)8-2-5-11-13(6-8)21-15(19)18-11/h2-7,14H,17H2,1H3,(H,18,19). The first-order valence-corrected chi connectivity index (χ1v) is 6.68. The van der Waals surface area contributed by atoms with E-state index in [1.807, 2.05) is 12.1 Å². The first kappa shape index (κ1) is 13.7. The summed E-state index contributed by atoms with van der Waals surface area (Å²) in [6.07, 6.45) is 0. The zero-order valence-electron chi connectivity index (χ0n) is 11.2. The zero-order chi connectivity index (χ0) is 15.0. The Morgan fingerprint density at radius 2 is 2.10 bits per heavy atom. The number of nitrogens with one attached hydrogen (secondary N) is 1. The van der Waals surface area contributed by atoms with E-state index in [0.717, 1.165) is 11.1 Å². The molecular weight excluding hydrogens is 292 g/mol. The van der Waals surface area contributed by atoms with E-state index in [4.69, 9.17) is 26.5 Å². The Balaban J connectivity index is 2.07. The number of oxazole rings is 1. The van der Waals surface area contributed by atoms with Gasteiger partial charge in [-0.05, 0) is 29.8 Å². The molecule has 5 nitrogen and oxygen atoms in total. The van der Waals surface area contributed by atoms with Crippen LogP contribution in [0.3, 0.4) is 0 Å². The maximum Gasteiger partial charge on any atom is 0.417 e. The van der Waals surface area contributed by atoms with Gasteiger partial charge in [0.05, 0.1) is 18.7 Å². The molecule has 2 aromatic carbocycles. The fourth-order valence-electron chi connectivity index (χ4n) is 2.28. The van der Waals surface area contributed by atoms with Gasteiger partial charge >= 0.3 is 5.76 Å². The van der Waals surface area contributed by atoms with Crippen LogP contribution in [0, 0.1) is 0 Å². The van der Waals surface area contributed by atoms with Crippen LogP contribution in [0.25, 0.3) is 11.1 Å². The number of aromatic nitrogens is 1. The average Bonchev–Trinajstić information content (AvgIpc) is 2.85. The second kappa shape index (κ2) is 5.27. The number of H-pyrrole nitrogens is 1. The summed E-state index contributed by atoms with van der Waals surface area (Å²) in [5.41, 5.74) is 9.01. The Bertz CT molecular complexity index is 853. The highest BCUT2D eigenvalue weighted by Gasteiger charge is 2.15. The monoisotopic (exact) mass is 304 g/mol. The van der Waals surface area contributed by atoms with Crippen molar-refractivity contribution in [3.8, 4) is 5.75 Å². The van der Waals surface area contributed by atoms with Gasteiger partial charge in [0.1, 0.15) is 5.75 Å². The summed E-state index contributed by atoms with van der Waals surface area (Å²) in [7, 11) is 1.57. The molecule has 0 saturated carbocycles. The van der Waals surface area contributed by atoms with Crippen LogP contribution >= 0.6 is 11.6 Å². The molecule has 0 spiro atoms. The normalized spacial score (nSPS) is 12.5. The number of methoxy groups -OCH3 is 1. The number of aromatic amines is 1. The van der Waals surface area contributed by atoms with Crippen molar-refractivity contribution in [2.24, 2.45) is 5.73 Å². The maximum absolute atomic E-state index is 11.2. The molecule has 21 heavy (non-hydrogen) atoms. The van der Waals surface area contributed by atoms with Crippen LogP contribution in [-0.4, -0.2) is 12.1 Å². The predicted molar refractivity (Wildman–Crippen MR) is 80.9 cm³/mol. The molecule has 6 heteroatoms. The molecule has 0 saturated heterocycles. The molecule has 0 bridgehead atoms. The number of rotatable bonds is 3. The zero-order valence-corrected chi connectivity index (χ0v) is 12.0. The number of benzene rings is 2. The van der Waals surface area contributed by atoms with E-state index in [0.29, 0.717) is 21.9 Å². The van der Waals surface area contributed by atoms with Gasteiger partial charge in [-0.1, -0.05) is 23.7 Å². The first-order chi connectivity index (χ1) is 10.1. The van der Waals surface area contributed by atoms with E-state index in [2.05, 4.69) is 4.98 Å². The van der Waals surface area contributed by atoms with Gasteiger partial charge in [0.2, 0.25) is 0 Å². The summed E-state index contributed by atoms with van der Waals surface area (Å²) in [5.74, 6) is 0.130. The molecule has 0 aliphatic heterocycles. The molecule has 0 aliphatic rings. The highest BCUT2D eigenvalue weighted by Crippen LogP contribution is 2.31. The van der Waals surface area contributed by atoms with Crippen molar-refractivity contribution in [3.05, 3.63) is 63.1 Å². The molecule has 0 fully saturated rings. The number of hydrogen-bond acceptors (Lipinski definition) is 4. The van der Waals surface area contributed by atoms with E-state index in [9.17, 15) is 4.79 Å². The van der Waals surface area contributed by atoms with Crippen LogP contribution in [-0.2, 0) is 0 Å². The summed E-state index contributed by atoms with van der Waals surface area (Å²) in [4.78, 5) is 13.8. The van der Waals surface area contributed by atoms with Crippen LogP contribution in [0.15, 0.2) is 45.6 Å². The Labute approximate surface area is 125 Å². The Morgan fingerprint density at radius 1 is 1.29 bits per heavy atom. The minimum atomic E-state index is -0.486. The lowest BCUT2D eigenvalue weighted by atomic mass is 9.98. The molecule has 3 aromatic rings.